The van der Waals surface area contributed by atoms with Gasteiger partial charge in [-0.3, -0.25) is 4.90 Å². The van der Waals surface area contributed by atoms with Crippen molar-refractivity contribution in [1.82, 2.24) is 14.9 Å². The second kappa shape index (κ2) is 16.8. The Kier molecular flexibility index (Phi) is 12.1. The summed E-state index contributed by atoms with van der Waals surface area (Å²) in [7, 11) is -2.20. The normalized spacial score (nSPS) is 27.7. The van der Waals surface area contributed by atoms with Crippen LogP contribution in [0.3, 0.4) is 0 Å². The first-order chi connectivity index (χ1) is 28.2. The number of rotatable bonds is 10. The van der Waals surface area contributed by atoms with Gasteiger partial charge in [0, 0.05) is 50.0 Å². The van der Waals surface area contributed by atoms with E-state index in [-0.39, 0.29) is 36.0 Å². The van der Waals surface area contributed by atoms with Gasteiger partial charge in [0.1, 0.15) is 38.2 Å². The predicted molar refractivity (Wildman–Crippen MR) is 230 cm³/mol. The summed E-state index contributed by atoms with van der Waals surface area (Å²) in [6.07, 6.45) is 5.93. The van der Waals surface area contributed by atoms with Gasteiger partial charge in [-0.25, -0.2) is 8.78 Å². The summed E-state index contributed by atoms with van der Waals surface area (Å²) < 4.78 is 56.9. The minimum absolute atomic E-state index is 0.0766. The third-order valence-corrected chi connectivity index (χ3v) is 20.6. The van der Waals surface area contributed by atoms with Gasteiger partial charge in [0.15, 0.2) is 6.29 Å². The molecule has 3 unspecified atom stereocenters. The van der Waals surface area contributed by atoms with Crippen LogP contribution < -0.4 is 9.64 Å². The van der Waals surface area contributed by atoms with Crippen LogP contribution in [0.5, 0.6) is 11.8 Å². The molecule has 5 atom stereocenters. The number of aromatic nitrogens is 2. The van der Waals surface area contributed by atoms with Gasteiger partial charge < -0.3 is 29.0 Å². The summed E-state index contributed by atoms with van der Waals surface area (Å²) in [6.45, 7) is 19.6. The van der Waals surface area contributed by atoms with Gasteiger partial charge in [0.05, 0.1) is 35.1 Å². The number of aromatic hydroxyl groups is 1. The quantitative estimate of drug-likeness (QED) is 0.159. The minimum atomic E-state index is -2.20. The van der Waals surface area contributed by atoms with E-state index in [0.717, 1.165) is 81.7 Å². The Labute approximate surface area is 350 Å². The Morgan fingerprint density at radius 2 is 1.78 bits per heavy atom. The highest BCUT2D eigenvalue weighted by atomic mass is 28.3. The van der Waals surface area contributed by atoms with Crippen molar-refractivity contribution >= 4 is 24.7 Å². The Morgan fingerprint density at radius 1 is 1.00 bits per heavy atom. The molecule has 1 aromatic heterocycles. The SMILES string of the molecule is CC(C)[Si](C#Cc1c(F)ccc2cc(O)cc(C3Cc4nc(OC[C@@]56CCCN5C[C@H](F)C6)nc(N5CCCC(C)(OC6CCCCO6)C5)c4CO3)c12)(C(C)C)C(C)C. The van der Waals surface area contributed by atoms with Crippen LogP contribution in [-0.2, 0) is 27.2 Å². The van der Waals surface area contributed by atoms with E-state index >= 15 is 4.39 Å². The number of nitrogens with zero attached hydrogens (tertiary/aromatic N) is 4. The lowest BCUT2D eigenvalue weighted by Crippen LogP contribution is -2.51. The van der Waals surface area contributed by atoms with Crippen LogP contribution in [0.4, 0.5) is 14.6 Å². The van der Waals surface area contributed by atoms with Crippen LogP contribution in [0.1, 0.15) is 128 Å². The Balaban J connectivity index is 1.17. The number of piperidine rings is 1. The predicted octanol–water partition coefficient (Wildman–Crippen LogP) is 9.72. The van der Waals surface area contributed by atoms with Gasteiger partial charge >= 0.3 is 6.01 Å². The van der Waals surface area contributed by atoms with Crippen molar-refractivity contribution in [3.63, 3.8) is 0 Å². The number of ether oxygens (including phenoxy) is 4. The lowest BCUT2D eigenvalue weighted by molar-refractivity contribution is -0.221. The second-order valence-corrected chi connectivity index (χ2v) is 24.8. The number of hydrogen-bond donors (Lipinski definition) is 1. The Morgan fingerprint density at radius 3 is 2.53 bits per heavy atom. The number of alkyl halides is 1. The van der Waals surface area contributed by atoms with Gasteiger partial charge in [-0.1, -0.05) is 53.5 Å². The molecular weight excluding hydrogens is 767 g/mol. The average Bonchev–Trinajstić information content (AvgIpc) is 3.72. The number of phenols is 1. The zero-order chi connectivity index (χ0) is 41.7. The molecule has 6 heterocycles. The highest BCUT2D eigenvalue weighted by molar-refractivity contribution is 6.90. The number of fused-ring (bicyclic) bond motifs is 3. The van der Waals surface area contributed by atoms with Crippen LogP contribution in [0.2, 0.25) is 16.6 Å². The second-order valence-electron chi connectivity index (χ2n) is 19.2. The fraction of sp³-hybridized carbons (Fsp3) is 0.660. The van der Waals surface area contributed by atoms with Crippen molar-refractivity contribution < 1.29 is 32.8 Å². The number of hydrogen-bond acceptors (Lipinski definition) is 9. The molecule has 0 radical (unpaired) electrons. The highest BCUT2D eigenvalue weighted by Gasteiger charge is 2.50. The van der Waals surface area contributed by atoms with Crippen LogP contribution >= 0.6 is 0 Å². The van der Waals surface area contributed by atoms with Crippen molar-refractivity contribution in [2.75, 3.05) is 44.3 Å². The monoisotopic (exact) mass is 830 g/mol. The third kappa shape index (κ3) is 8.24. The van der Waals surface area contributed by atoms with Gasteiger partial charge in [0.25, 0.3) is 0 Å². The van der Waals surface area contributed by atoms with Gasteiger partial charge in [-0.15, -0.1) is 5.54 Å². The number of anilines is 1. The van der Waals surface area contributed by atoms with E-state index < -0.39 is 26.0 Å². The Hall–Kier alpha value is -3.34. The van der Waals surface area contributed by atoms with Crippen LogP contribution in [0.15, 0.2) is 24.3 Å². The molecule has 5 aliphatic heterocycles. The molecule has 9 nitrogen and oxygen atoms in total. The summed E-state index contributed by atoms with van der Waals surface area (Å²) in [5.74, 6) is 3.87. The van der Waals surface area contributed by atoms with E-state index in [1.165, 1.54) is 6.07 Å². The molecule has 4 saturated heterocycles. The zero-order valence-corrected chi connectivity index (χ0v) is 37.2. The Bertz CT molecular complexity index is 2060. The molecule has 4 fully saturated rings. The smallest absolute Gasteiger partial charge is 0.318 e. The first-order valence-corrected chi connectivity index (χ1v) is 24.5. The van der Waals surface area contributed by atoms with Gasteiger partial charge in [-0.2, -0.15) is 9.97 Å². The zero-order valence-electron chi connectivity index (χ0n) is 36.2. The maximum atomic E-state index is 16.2. The number of halogens is 2. The van der Waals surface area contributed by atoms with Gasteiger partial charge in [0.2, 0.25) is 0 Å². The molecule has 0 saturated carbocycles. The van der Waals surface area contributed by atoms with E-state index in [9.17, 15) is 9.50 Å². The third-order valence-electron chi connectivity index (χ3n) is 14.3. The first kappa shape index (κ1) is 42.4. The summed E-state index contributed by atoms with van der Waals surface area (Å²) in [5, 5.41) is 12.4. The van der Waals surface area contributed by atoms with Crippen LogP contribution in [-0.4, -0.2) is 91.0 Å². The average molecular weight is 831 g/mol. The lowest BCUT2D eigenvalue weighted by atomic mass is 9.91. The maximum Gasteiger partial charge on any atom is 0.318 e. The number of benzene rings is 2. The van der Waals surface area contributed by atoms with Crippen molar-refractivity contribution in [2.24, 2.45) is 0 Å². The molecule has 12 heteroatoms. The largest absolute Gasteiger partial charge is 0.508 e. The topological polar surface area (TPSA) is 89.4 Å². The molecule has 0 amide bonds. The lowest BCUT2D eigenvalue weighted by Gasteiger charge is -2.44. The molecule has 320 valence electrons. The molecule has 3 aromatic rings. The summed E-state index contributed by atoms with van der Waals surface area (Å²) in [5.41, 5.74) is 6.78. The number of phenolic OH excluding ortho intramolecular Hbond substituents is 1. The minimum Gasteiger partial charge on any atom is -0.508 e. The fourth-order valence-corrected chi connectivity index (χ4v) is 16.7. The fourth-order valence-electron chi connectivity index (χ4n) is 11.4. The van der Waals surface area contributed by atoms with Crippen molar-refractivity contribution in [1.29, 1.82) is 0 Å². The van der Waals surface area contributed by atoms with Crippen molar-refractivity contribution in [2.45, 2.75) is 159 Å². The molecular formula is C47H64F2N4O5Si. The van der Waals surface area contributed by atoms with E-state index in [0.29, 0.717) is 71.1 Å². The van der Waals surface area contributed by atoms with E-state index in [1.54, 1.807) is 18.2 Å². The van der Waals surface area contributed by atoms with Crippen LogP contribution in [0.25, 0.3) is 10.8 Å². The molecule has 2 aromatic carbocycles. The van der Waals surface area contributed by atoms with Crippen LogP contribution in [0, 0.1) is 17.3 Å². The van der Waals surface area contributed by atoms with Crippen molar-refractivity contribution in [3.05, 3.63) is 52.5 Å². The molecule has 0 spiro atoms. The first-order valence-electron chi connectivity index (χ1n) is 22.3. The molecule has 5 aliphatic rings. The maximum absolute atomic E-state index is 16.2. The molecule has 1 N–H and O–H groups in total. The summed E-state index contributed by atoms with van der Waals surface area (Å²) in [4.78, 5) is 14.7. The summed E-state index contributed by atoms with van der Waals surface area (Å²) in [6, 6.07) is 6.81. The molecule has 59 heavy (non-hydrogen) atoms. The van der Waals surface area contributed by atoms with E-state index in [2.05, 4.69) is 69.7 Å². The summed E-state index contributed by atoms with van der Waals surface area (Å²) >= 11 is 0. The molecule has 0 bridgehead atoms. The standard InChI is InChI=1S/C47H64F2N4O5Si/c1-30(2)59(31(3)4,32(5)6)21-15-36-39(49)14-13-33-22-35(54)23-37(43(33)36)41-24-40-38(27-56-41)44(52-18-10-16-46(7,28-52)58-42-12-8-9-20-55-42)51-45(50-40)57-29-47-17-11-19-53(47)26-34(48)25-47/h13-14,22-23,30-32,34,41-42,54H,8-12,16-20,24-29H2,1-7H3/t34-,41?,42?,46?,47+/m1/s1. The van der Waals surface area contributed by atoms with E-state index in [1.807, 2.05) is 0 Å². The highest BCUT2D eigenvalue weighted by Crippen LogP contribution is 2.45. The van der Waals surface area contributed by atoms with Gasteiger partial charge in [-0.05, 0) is 104 Å². The molecule has 0 aliphatic carbocycles. The van der Waals surface area contributed by atoms with Crippen molar-refractivity contribution in [3.8, 4) is 23.2 Å². The van der Waals surface area contributed by atoms with E-state index in [4.69, 9.17) is 28.9 Å². The molecule has 8 rings (SSSR count).